The quantitative estimate of drug-likeness (QED) is 0.487. The van der Waals surface area contributed by atoms with E-state index in [4.69, 9.17) is 0 Å². The molecule has 1 amide bonds. The van der Waals surface area contributed by atoms with Crippen molar-refractivity contribution < 1.29 is 13.2 Å². The van der Waals surface area contributed by atoms with Gasteiger partial charge in [0, 0.05) is 24.2 Å². The molecule has 30 heavy (non-hydrogen) atoms. The standard InChI is InChI=1S/C21H23N3O3S3/c1-4-24(5-2)30(26,27)17-13-11-16(12-14-17)19(25)23-20-18(22-21(28-3)29-20)15-9-7-6-8-10-15/h6-14H,4-5H2,1-3H3,(H,23,25). The molecular formula is C21H23N3O3S3. The fourth-order valence-corrected chi connectivity index (χ4v) is 5.87. The Kier molecular flexibility index (Phi) is 7.30. The van der Waals surface area contributed by atoms with Crippen LogP contribution in [0.1, 0.15) is 24.2 Å². The summed E-state index contributed by atoms with van der Waals surface area (Å²) in [6.07, 6.45) is 1.94. The predicted molar refractivity (Wildman–Crippen MR) is 124 cm³/mol. The molecular weight excluding hydrogens is 438 g/mol. The molecule has 9 heteroatoms. The molecule has 0 atom stereocenters. The average Bonchev–Trinajstić information content (AvgIpc) is 3.18. The van der Waals surface area contributed by atoms with E-state index in [0.29, 0.717) is 23.7 Å². The molecule has 1 heterocycles. The molecule has 1 aromatic heterocycles. The monoisotopic (exact) mass is 461 g/mol. The van der Waals surface area contributed by atoms with Crippen LogP contribution < -0.4 is 5.32 Å². The predicted octanol–water partition coefficient (Wildman–Crippen LogP) is 4.81. The highest BCUT2D eigenvalue weighted by molar-refractivity contribution is 8.00. The van der Waals surface area contributed by atoms with Crippen LogP contribution in [0.3, 0.4) is 0 Å². The molecule has 0 fully saturated rings. The van der Waals surface area contributed by atoms with Gasteiger partial charge in [-0.2, -0.15) is 4.31 Å². The summed E-state index contributed by atoms with van der Waals surface area (Å²) in [5, 5.41) is 3.59. The lowest BCUT2D eigenvalue weighted by molar-refractivity contribution is 0.102. The Hall–Kier alpha value is -2.20. The van der Waals surface area contributed by atoms with Crippen LogP contribution in [0.2, 0.25) is 0 Å². The smallest absolute Gasteiger partial charge is 0.256 e. The van der Waals surface area contributed by atoms with Gasteiger partial charge >= 0.3 is 0 Å². The van der Waals surface area contributed by atoms with Crippen LogP contribution in [-0.2, 0) is 10.0 Å². The number of amides is 1. The van der Waals surface area contributed by atoms with Gasteiger partial charge in [0.05, 0.1) is 4.90 Å². The van der Waals surface area contributed by atoms with Gasteiger partial charge in [-0.1, -0.05) is 67.3 Å². The molecule has 3 rings (SSSR count). The summed E-state index contributed by atoms with van der Waals surface area (Å²) in [6.45, 7) is 4.38. The van der Waals surface area contributed by atoms with Gasteiger partial charge in [-0.25, -0.2) is 13.4 Å². The number of carbonyl (C=O) groups excluding carboxylic acids is 1. The van der Waals surface area contributed by atoms with E-state index in [1.54, 1.807) is 13.8 Å². The van der Waals surface area contributed by atoms with Crippen molar-refractivity contribution >= 4 is 44.0 Å². The summed E-state index contributed by atoms with van der Waals surface area (Å²) in [6, 6.07) is 15.7. The largest absolute Gasteiger partial charge is 0.312 e. The van der Waals surface area contributed by atoms with Crippen LogP contribution in [0.15, 0.2) is 63.8 Å². The van der Waals surface area contributed by atoms with Gasteiger partial charge in [-0.05, 0) is 30.5 Å². The molecule has 6 nitrogen and oxygen atoms in total. The molecule has 0 aliphatic carbocycles. The number of hydrogen-bond donors (Lipinski definition) is 1. The number of carbonyl (C=O) groups is 1. The first-order valence-electron chi connectivity index (χ1n) is 9.42. The van der Waals surface area contributed by atoms with Crippen LogP contribution in [-0.4, -0.2) is 43.0 Å². The van der Waals surface area contributed by atoms with Crippen molar-refractivity contribution in [3.63, 3.8) is 0 Å². The average molecular weight is 462 g/mol. The number of benzene rings is 2. The molecule has 0 radical (unpaired) electrons. The van der Waals surface area contributed by atoms with Crippen LogP contribution in [0.25, 0.3) is 11.3 Å². The molecule has 158 valence electrons. The third-order valence-electron chi connectivity index (χ3n) is 4.52. The van der Waals surface area contributed by atoms with Gasteiger partial charge in [-0.15, -0.1) is 0 Å². The highest BCUT2D eigenvalue weighted by atomic mass is 32.2. The zero-order valence-electron chi connectivity index (χ0n) is 17.0. The number of thioether (sulfide) groups is 1. The molecule has 0 aliphatic heterocycles. The summed E-state index contributed by atoms with van der Waals surface area (Å²) < 4.78 is 27.5. The van der Waals surface area contributed by atoms with Crippen LogP contribution >= 0.6 is 23.1 Å². The van der Waals surface area contributed by atoms with Crippen molar-refractivity contribution in [1.29, 1.82) is 0 Å². The molecule has 0 saturated carbocycles. The third kappa shape index (κ3) is 4.75. The number of aromatic nitrogens is 1. The Morgan fingerprint density at radius 3 is 2.27 bits per heavy atom. The second-order valence-corrected chi connectivity index (χ2v) is 10.3. The number of nitrogens with one attached hydrogen (secondary N) is 1. The van der Waals surface area contributed by atoms with Crippen LogP contribution in [0.5, 0.6) is 0 Å². The number of sulfonamides is 1. The summed E-state index contributed by atoms with van der Waals surface area (Å²) in [5.41, 5.74) is 2.02. The highest BCUT2D eigenvalue weighted by Crippen LogP contribution is 2.37. The topological polar surface area (TPSA) is 79.4 Å². The third-order valence-corrected chi connectivity index (χ3v) is 8.54. The highest BCUT2D eigenvalue weighted by Gasteiger charge is 2.22. The van der Waals surface area contributed by atoms with E-state index in [2.05, 4.69) is 10.3 Å². The molecule has 0 bridgehead atoms. The van der Waals surface area contributed by atoms with E-state index in [1.165, 1.54) is 51.7 Å². The van der Waals surface area contributed by atoms with Crippen molar-refractivity contribution in [3.05, 3.63) is 60.2 Å². The molecule has 0 spiro atoms. The number of anilines is 1. The van der Waals surface area contributed by atoms with Crippen molar-refractivity contribution in [2.45, 2.75) is 23.1 Å². The van der Waals surface area contributed by atoms with E-state index in [9.17, 15) is 13.2 Å². The number of hydrogen-bond acceptors (Lipinski definition) is 6. The zero-order chi connectivity index (χ0) is 21.7. The van der Waals surface area contributed by atoms with Crippen molar-refractivity contribution in [2.75, 3.05) is 24.7 Å². The minimum Gasteiger partial charge on any atom is -0.312 e. The summed E-state index contributed by atoms with van der Waals surface area (Å²) in [7, 11) is -3.55. The van der Waals surface area contributed by atoms with E-state index in [1.807, 2.05) is 36.6 Å². The van der Waals surface area contributed by atoms with Gasteiger partial charge in [0.15, 0.2) is 4.34 Å². The molecule has 0 unspecified atom stereocenters. The van der Waals surface area contributed by atoms with Gasteiger partial charge in [0.1, 0.15) is 10.7 Å². The molecule has 1 N–H and O–H groups in total. The summed E-state index contributed by atoms with van der Waals surface area (Å²) in [5.74, 6) is -0.310. The SMILES string of the molecule is CCN(CC)S(=O)(=O)c1ccc(C(=O)Nc2sc(SC)nc2-c2ccccc2)cc1. The summed E-state index contributed by atoms with van der Waals surface area (Å²) >= 11 is 2.93. The van der Waals surface area contributed by atoms with Gasteiger partial charge in [0.2, 0.25) is 10.0 Å². The Bertz CT molecular complexity index is 1110. The van der Waals surface area contributed by atoms with Gasteiger partial charge in [0.25, 0.3) is 5.91 Å². The van der Waals surface area contributed by atoms with Gasteiger partial charge in [-0.3, -0.25) is 4.79 Å². The van der Waals surface area contributed by atoms with E-state index in [-0.39, 0.29) is 10.8 Å². The van der Waals surface area contributed by atoms with E-state index >= 15 is 0 Å². The fourth-order valence-electron chi connectivity index (χ4n) is 2.93. The maximum absolute atomic E-state index is 12.8. The molecule has 2 aromatic carbocycles. The number of rotatable bonds is 8. The number of thiazole rings is 1. The maximum atomic E-state index is 12.8. The Labute approximate surface area is 185 Å². The maximum Gasteiger partial charge on any atom is 0.256 e. The molecule has 0 aliphatic rings. The lowest BCUT2D eigenvalue weighted by atomic mass is 10.1. The number of nitrogens with zero attached hydrogens (tertiary/aromatic N) is 2. The Morgan fingerprint density at radius 1 is 1.07 bits per heavy atom. The fraction of sp³-hybridized carbons (Fsp3) is 0.238. The molecule has 0 saturated heterocycles. The lowest BCUT2D eigenvalue weighted by Gasteiger charge is -2.18. The van der Waals surface area contributed by atoms with Gasteiger partial charge < -0.3 is 5.32 Å². The normalized spacial score (nSPS) is 11.6. The lowest BCUT2D eigenvalue weighted by Crippen LogP contribution is -2.30. The van der Waals surface area contributed by atoms with Crippen LogP contribution in [0.4, 0.5) is 5.00 Å². The first-order valence-corrected chi connectivity index (χ1v) is 12.9. The van der Waals surface area contributed by atoms with Crippen LogP contribution in [0, 0.1) is 0 Å². The molecule has 3 aromatic rings. The zero-order valence-corrected chi connectivity index (χ0v) is 19.4. The first-order chi connectivity index (χ1) is 14.4. The minimum absolute atomic E-state index is 0.176. The first kappa shape index (κ1) is 22.5. The van der Waals surface area contributed by atoms with Crippen molar-refractivity contribution in [3.8, 4) is 11.3 Å². The Balaban J connectivity index is 1.85. The van der Waals surface area contributed by atoms with Crippen molar-refractivity contribution in [1.82, 2.24) is 9.29 Å². The van der Waals surface area contributed by atoms with Crippen molar-refractivity contribution in [2.24, 2.45) is 0 Å². The minimum atomic E-state index is -3.55. The summed E-state index contributed by atoms with van der Waals surface area (Å²) in [4.78, 5) is 17.6. The van der Waals surface area contributed by atoms with E-state index in [0.717, 1.165) is 15.6 Å². The second-order valence-electron chi connectivity index (χ2n) is 6.30. The second kappa shape index (κ2) is 9.74. The van der Waals surface area contributed by atoms with E-state index < -0.39 is 10.0 Å². The Morgan fingerprint density at radius 2 is 1.70 bits per heavy atom.